The van der Waals surface area contributed by atoms with E-state index in [1.807, 2.05) is 0 Å². The first-order valence-corrected chi connectivity index (χ1v) is 10.6. The Balaban J connectivity index is 1.63. The Morgan fingerprint density at radius 1 is 0.931 bits per heavy atom. The molecule has 3 aromatic carbocycles. The van der Waals surface area contributed by atoms with Gasteiger partial charge in [0.25, 0.3) is 15.9 Å². The van der Waals surface area contributed by atoms with Gasteiger partial charge in [-0.1, -0.05) is 47.5 Å². The Morgan fingerprint density at radius 2 is 1.62 bits per heavy atom. The zero-order valence-corrected chi connectivity index (χ0v) is 17.2. The lowest BCUT2D eigenvalue weighted by molar-refractivity contribution is 0.0955. The van der Waals surface area contributed by atoms with E-state index >= 15 is 0 Å². The second-order valence-electron chi connectivity index (χ2n) is 5.86. The maximum Gasteiger partial charge on any atom is 0.271 e. The van der Waals surface area contributed by atoms with E-state index in [0.29, 0.717) is 26.9 Å². The Morgan fingerprint density at radius 3 is 2.28 bits per heavy atom. The van der Waals surface area contributed by atoms with Crippen molar-refractivity contribution in [3.05, 3.63) is 94.0 Å². The average molecular weight is 448 g/mol. The van der Waals surface area contributed by atoms with E-state index in [1.54, 1.807) is 36.4 Å². The molecule has 0 saturated heterocycles. The zero-order chi connectivity index (χ0) is 20.9. The molecule has 0 atom stereocenters. The van der Waals surface area contributed by atoms with Gasteiger partial charge >= 0.3 is 0 Å². The highest BCUT2D eigenvalue weighted by Gasteiger charge is 2.13. The number of hydrogen-bond acceptors (Lipinski definition) is 4. The topological polar surface area (TPSA) is 87.6 Å². The number of rotatable bonds is 6. The number of anilines is 1. The first-order valence-electron chi connectivity index (χ1n) is 8.31. The van der Waals surface area contributed by atoms with Gasteiger partial charge in [0.05, 0.1) is 16.1 Å². The lowest BCUT2D eigenvalue weighted by Crippen LogP contribution is -2.18. The fourth-order valence-corrected chi connectivity index (χ4v) is 3.87. The molecule has 3 aromatic rings. The van der Waals surface area contributed by atoms with Crippen LogP contribution in [0.25, 0.3) is 0 Å². The molecule has 0 fully saturated rings. The summed E-state index contributed by atoms with van der Waals surface area (Å²) in [6, 6.07) is 18.9. The Hall–Kier alpha value is -2.87. The summed E-state index contributed by atoms with van der Waals surface area (Å²) in [5.74, 6) is -0.455. The molecule has 1 amide bonds. The van der Waals surface area contributed by atoms with Gasteiger partial charge in [-0.3, -0.25) is 9.52 Å². The van der Waals surface area contributed by atoms with E-state index < -0.39 is 15.9 Å². The maximum absolute atomic E-state index is 12.3. The van der Waals surface area contributed by atoms with Gasteiger partial charge in [-0.15, -0.1) is 0 Å². The van der Waals surface area contributed by atoms with Crippen LogP contribution in [0.4, 0.5) is 5.69 Å². The minimum absolute atomic E-state index is 0.150. The number of amides is 1. The molecule has 6 nitrogen and oxygen atoms in total. The van der Waals surface area contributed by atoms with Crippen LogP contribution >= 0.6 is 23.2 Å². The summed E-state index contributed by atoms with van der Waals surface area (Å²) in [5.41, 5.74) is 3.63. The van der Waals surface area contributed by atoms with Gasteiger partial charge in [0, 0.05) is 21.8 Å². The fourth-order valence-electron chi connectivity index (χ4n) is 2.33. The van der Waals surface area contributed by atoms with E-state index in [-0.39, 0.29) is 4.90 Å². The van der Waals surface area contributed by atoms with Crippen molar-refractivity contribution in [2.75, 3.05) is 4.72 Å². The highest BCUT2D eigenvalue weighted by atomic mass is 35.5. The van der Waals surface area contributed by atoms with Crippen LogP contribution in [0.3, 0.4) is 0 Å². The largest absolute Gasteiger partial charge is 0.280 e. The summed E-state index contributed by atoms with van der Waals surface area (Å²) in [5, 5.41) is 4.77. The quantitative estimate of drug-likeness (QED) is 0.428. The van der Waals surface area contributed by atoms with Crippen molar-refractivity contribution in [2.45, 2.75) is 4.90 Å². The van der Waals surface area contributed by atoms with Gasteiger partial charge in [0.1, 0.15) is 0 Å². The number of benzene rings is 3. The molecule has 0 aliphatic carbocycles. The average Bonchev–Trinajstić information content (AvgIpc) is 2.70. The molecule has 29 heavy (non-hydrogen) atoms. The third-order valence-electron chi connectivity index (χ3n) is 3.79. The molecule has 0 bridgehead atoms. The minimum Gasteiger partial charge on any atom is -0.280 e. The molecule has 9 heteroatoms. The second-order valence-corrected chi connectivity index (χ2v) is 8.39. The van der Waals surface area contributed by atoms with E-state index in [9.17, 15) is 13.2 Å². The van der Waals surface area contributed by atoms with Crippen molar-refractivity contribution < 1.29 is 13.2 Å². The van der Waals surface area contributed by atoms with E-state index in [0.717, 1.165) is 0 Å². The van der Waals surface area contributed by atoms with Crippen molar-refractivity contribution >= 4 is 51.0 Å². The molecule has 2 N–H and O–H groups in total. The van der Waals surface area contributed by atoms with Gasteiger partial charge in [-0.2, -0.15) is 5.10 Å². The summed E-state index contributed by atoms with van der Waals surface area (Å²) in [6.45, 7) is 0. The third-order valence-corrected chi connectivity index (χ3v) is 5.74. The molecular formula is C20H15Cl2N3O3S. The first kappa shape index (κ1) is 20.9. The summed E-state index contributed by atoms with van der Waals surface area (Å²) in [4.78, 5) is 12.3. The molecule has 0 saturated carbocycles. The predicted molar refractivity (Wildman–Crippen MR) is 115 cm³/mol. The lowest BCUT2D eigenvalue weighted by Gasteiger charge is -2.08. The van der Waals surface area contributed by atoms with E-state index in [1.165, 1.54) is 42.6 Å². The number of hydrazone groups is 1. The minimum atomic E-state index is -3.69. The van der Waals surface area contributed by atoms with Crippen molar-refractivity contribution in [1.29, 1.82) is 0 Å². The van der Waals surface area contributed by atoms with Gasteiger partial charge in [-0.05, 0) is 48.5 Å². The van der Waals surface area contributed by atoms with Crippen LogP contribution in [0.2, 0.25) is 10.0 Å². The van der Waals surface area contributed by atoms with Crippen LogP contribution in [0.15, 0.2) is 82.8 Å². The van der Waals surface area contributed by atoms with Crippen molar-refractivity contribution in [3.63, 3.8) is 0 Å². The van der Waals surface area contributed by atoms with Crippen molar-refractivity contribution in [1.82, 2.24) is 5.43 Å². The first-order chi connectivity index (χ1) is 13.8. The second kappa shape index (κ2) is 9.09. The number of carbonyl (C=O) groups excluding carboxylic acids is 1. The van der Waals surface area contributed by atoms with Gasteiger partial charge in [0.2, 0.25) is 0 Å². The molecule has 0 aliphatic heterocycles. The van der Waals surface area contributed by atoms with Crippen molar-refractivity contribution in [2.24, 2.45) is 5.10 Å². The Bertz CT molecular complexity index is 1150. The monoisotopic (exact) mass is 447 g/mol. The molecule has 148 valence electrons. The third kappa shape index (κ3) is 5.57. The molecule has 0 aliphatic rings. The summed E-state index contributed by atoms with van der Waals surface area (Å²) in [7, 11) is -3.69. The molecule has 0 radical (unpaired) electrons. The predicted octanol–water partition coefficient (Wildman–Crippen LogP) is 4.56. The van der Waals surface area contributed by atoms with Crippen LogP contribution in [-0.4, -0.2) is 20.5 Å². The fraction of sp³-hybridized carbons (Fsp3) is 0. The van der Waals surface area contributed by atoms with Crippen LogP contribution in [-0.2, 0) is 10.0 Å². The maximum atomic E-state index is 12.3. The van der Waals surface area contributed by atoms with Crippen LogP contribution in [0.1, 0.15) is 15.9 Å². The number of hydrogen-bond donors (Lipinski definition) is 2. The Kier molecular flexibility index (Phi) is 6.53. The molecule has 0 spiro atoms. The highest BCUT2D eigenvalue weighted by Crippen LogP contribution is 2.19. The normalized spacial score (nSPS) is 11.4. The summed E-state index contributed by atoms with van der Waals surface area (Å²) in [6.07, 6.45) is 1.40. The Labute approximate surface area is 178 Å². The lowest BCUT2D eigenvalue weighted by atomic mass is 10.2. The van der Waals surface area contributed by atoms with Crippen molar-refractivity contribution in [3.8, 4) is 0 Å². The molecule has 0 aromatic heterocycles. The molecule has 0 unspecified atom stereocenters. The van der Waals surface area contributed by atoms with Crippen LogP contribution < -0.4 is 10.1 Å². The van der Waals surface area contributed by atoms with E-state index in [2.05, 4.69) is 15.2 Å². The number of nitrogens with zero attached hydrogens (tertiary/aromatic N) is 1. The van der Waals surface area contributed by atoms with Crippen LogP contribution in [0.5, 0.6) is 0 Å². The number of sulfonamides is 1. The zero-order valence-electron chi connectivity index (χ0n) is 14.8. The van der Waals surface area contributed by atoms with Gasteiger partial charge in [0.15, 0.2) is 0 Å². The number of halogens is 2. The van der Waals surface area contributed by atoms with Crippen LogP contribution in [0, 0.1) is 0 Å². The number of carbonyl (C=O) groups is 1. The van der Waals surface area contributed by atoms with Gasteiger partial charge < -0.3 is 0 Å². The summed E-state index contributed by atoms with van der Waals surface area (Å²) >= 11 is 11.9. The molecule has 3 rings (SSSR count). The van der Waals surface area contributed by atoms with E-state index in [4.69, 9.17) is 23.2 Å². The summed E-state index contributed by atoms with van der Waals surface area (Å²) < 4.78 is 27.1. The SMILES string of the molecule is O=C(NN=Cc1ccc(Cl)cc1Cl)c1ccc(NS(=O)(=O)c2ccccc2)cc1. The smallest absolute Gasteiger partial charge is 0.271 e. The molecule has 0 heterocycles. The standard InChI is InChI=1S/C20H15Cl2N3O3S/c21-16-9-6-15(19(22)12-16)13-23-24-20(26)14-7-10-17(11-8-14)25-29(27,28)18-4-2-1-3-5-18/h1-13,25H,(H,24,26). The highest BCUT2D eigenvalue weighted by molar-refractivity contribution is 7.92. The molecular weight excluding hydrogens is 433 g/mol. The van der Waals surface area contributed by atoms with Gasteiger partial charge in [-0.25, -0.2) is 13.8 Å². The number of nitrogens with one attached hydrogen (secondary N) is 2.